The van der Waals surface area contributed by atoms with Crippen LogP contribution in [0.1, 0.15) is 0 Å². The van der Waals surface area contributed by atoms with Gasteiger partial charge in [0.25, 0.3) is 5.76 Å². The average molecular weight is 160 g/mol. The number of carboxylic acid groups (broad SMARTS) is 1. The molecule has 3 N–H and O–H groups in total. The van der Waals surface area contributed by atoms with Crippen LogP contribution in [0.25, 0.3) is 0 Å². The molecule has 0 radical (unpaired) electrons. The van der Waals surface area contributed by atoms with Crippen LogP contribution < -0.4 is 0 Å². The molecule has 0 bridgehead atoms. The summed E-state index contributed by atoms with van der Waals surface area (Å²) in [6.45, 7) is 3.18. The standard InChI is InChI=1S/C6H8O5/c1-2-3-11-6(10)4(7)5(8)9/h2,7,10H,1,3H2,(H,8,9). The zero-order valence-electron chi connectivity index (χ0n) is 5.65. The van der Waals surface area contributed by atoms with Crippen molar-refractivity contribution < 1.29 is 24.9 Å². The van der Waals surface area contributed by atoms with Crippen LogP contribution in [0.2, 0.25) is 0 Å². The van der Waals surface area contributed by atoms with Gasteiger partial charge in [0.05, 0.1) is 0 Å². The van der Waals surface area contributed by atoms with E-state index in [0.29, 0.717) is 0 Å². The topological polar surface area (TPSA) is 87.0 Å². The van der Waals surface area contributed by atoms with E-state index in [1.54, 1.807) is 0 Å². The average Bonchev–Trinajstić information content (AvgIpc) is 1.98. The highest BCUT2D eigenvalue weighted by atomic mass is 16.6. The van der Waals surface area contributed by atoms with Gasteiger partial charge in [-0.1, -0.05) is 12.7 Å². The van der Waals surface area contributed by atoms with Crippen molar-refractivity contribution in [2.75, 3.05) is 6.61 Å². The molecule has 0 saturated carbocycles. The maximum absolute atomic E-state index is 9.93. The molecule has 0 rings (SSSR count). The molecule has 0 aliphatic heterocycles. The first kappa shape index (κ1) is 9.35. The lowest BCUT2D eigenvalue weighted by Crippen LogP contribution is -2.06. The molecule has 0 spiro atoms. The minimum Gasteiger partial charge on any atom is -0.497 e. The predicted molar refractivity (Wildman–Crippen MR) is 36.1 cm³/mol. The number of aliphatic hydroxyl groups excluding tert-OH is 2. The van der Waals surface area contributed by atoms with Crippen molar-refractivity contribution in [3.8, 4) is 0 Å². The van der Waals surface area contributed by atoms with Gasteiger partial charge in [-0.15, -0.1) is 0 Å². The summed E-state index contributed by atoms with van der Waals surface area (Å²) < 4.78 is 4.30. The smallest absolute Gasteiger partial charge is 0.378 e. The molecule has 0 fully saturated rings. The van der Waals surface area contributed by atoms with Gasteiger partial charge in [0.1, 0.15) is 6.61 Å². The van der Waals surface area contributed by atoms with Crippen LogP contribution >= 0.6 is 0 Å². The van der Waals surface area contributed by atoms with Gasteiger partial charge in [-0.25, -0.2) is 4.79 Å². The molecule has 0 aliphatic rings. The van der Waals surface area contributed by atoms with Gasteiger partial charge in [-0.3, -0.25) is 0 Å². The highest BCUT2D eigenvalue weighted by molar-refractivity contribution is 5.83. The van der Waals surface area contributed by atoms with Gasteiger partial charge < -0.3 is 20.1 Å². The van der Waals surface area contributed by atoms with Crippen molar-refractivity contribution in [2.24, 2.45) is 0 Å². The summed E-state index contributed by atoms with van der Waals surface area (Å²) >= 11 is 0. The van der Waals surface area contributed by atoms with Crippen molar-refractivity contribution in [3.63, 3.8) is 0 Å². The van der Waals surface area contributed by atoms with Crippen molar-refractivity contribution in [1.29, 1.82) is 0 Å². The second-order valence-electron chi connectivity index (χ2n) is 1.56. The molecule has 11 heavy (non-hydrogen) atoms. The van der Waals surface area contributed by atoms with Crippen molar-refractivity contribution >= 4 is 5.97 Å². The largest absolute Gasteiger partial charge is 0.497 e. The van der Waals surface area contributed by atoms with E-state index in [1.807, 2.05) is 0 Å². The van der Waals surface area contributed by atoms with Crippen molar-refractivity contribution in [2.45, 2.75) is 0 Å². The Morgan fingerprint density at radius 3 is 2.36 bits per heavy atom. The molecule has 62 valence electrons. The fraction of sp³-hybridized carbons (Fsp3) is 0.167. The number of aliphatic hydroxyl groups is 2. The third-order valence-electron chi connectivity index (χ3n) is 0.743. The first-order chi connectivity index (χ1) is 5.09. The fourth-order valence-corrected chi connectivity index (χ4v) is 0.298. The molecule has 0 aliphatic carbocycles. The normalized spacial score (nSPS) is 11.6. The quantitative estimate of drug-likeness (QED) is 0.317. The second kappa shape index (κ2) is 4.21. The minimum absolute atomic E-state index is 0.0663. The lowest BCUT2D eigenvalue weighted by Gasteiger charge is -2.00. The van der Waals surface area contributed by atoms with Gasteiger partial charge >= 0.3 is 11.9 Å². The Morgan fingerprint density at radius 1 is 1.45 bits per heavy atom. The third-order valence-corrected chi connectivity index (χ3v) is 0.743. The Hall–Kier alpha value is -1.65. The van der Waals surface area contributed by atoms with E-state index in [2.05, 4.69) is 11.3 Å². The summed E-state index contributed by atoms with van der Waals surface area (Å²) in [4.78, 5) is 9.93. The summed E-state index contributed by atoms with van der Waals surface area (Å²) in [7, 11) is 0. The number of carbonyl (C=O) groups is 1. The lowest BCUT2D eigenvalue weighted by atomic mass is 10.5. The van der Waals surface area contributed by atoms with Crippen LogP contribution in [-0.2, 0) is 9.53 Å². The molecule has 0 aromatic carbocycles. The van der Waals surface area contributed by atoms with Crippen molar-refractivity contribution in [3.05, 3.63) is 24.4 Å². The summed E-state index contributed by atoms with van der Waals surface area (Å²) in [5.41, 5.74) is 0. The molecule has 0 atom stereocenters. The van der Waals surface area contributed by atoms with E-state index in [0.717, 1.165) is 0 Å². The number of aliphatic carboxylic acids is 1. The summed E-state index contributed by atoms with van der Waals surface area (Å²) in [5, 5.41) is 25.2. The molecular weight excluding hydrogens is 152 g/mol. The summed E-state index contributed by atoms with van der Waals surface area (Å²) in [6, 6.07) is 0. The number of hydrogen-bond acceptors (Lipinski definition) is 4. The number of carboxylic acids is 1. The molecule has 0 aromatic heterocycles. The molecule has 0 amide bonds. The van der Waals surface area contributed by atoms with Gasteiger partial charge in [0.15, 0.2) is 0 Å². The monoisotopic (exact) mass is 160 g/mol. The van der Waals surface area contributed by atoms with E-state index >= 15 is 0 Å². The molecule has 0 heterocycles. The van der Waals surface area contributed by atoms with Crippen LogP contribution in [0.3, 0.4) is 0 Å². The van der Waals surface area contributed by atoms with Gasteiger partial charge in [0, 0.05) is 0 Å². The number of ether oxygens (including phenoxy) is 1. The molecule has 5 nitrogen and oxygen atoms in total. The maximum atomic E-state index is 9.93. The Bertz CT molecular complexity index is 193. The molecule has 0 aromatic rings. The van der Waals surface area contributed by atoms with E-state index in [-0.39, 0.29) is 6.61 Å². The maximum Gasteiger partial charge on any atom is 0.378 e. The van der Waals surface area contributed by atoms with Gasteiger partial charge in [-0.05, 0) is 0 Å². The Morgan fingerprint density at radius 2 is 2.00 bits per heavy atom. The van der Waals surface area contributed by atoms with E-state index in [4.69, 9.17) is 15.3 Å². The van der Waals surface area contributed by atoms with E-state index in [9.17, 15) is 4.79 Å². The summed E-state index contributed by atoms with van der Waals surface area (Å²) in [5.74, 6) is -3.88. The molecule has 0 saturated heterocycles. The van der Waals surface area contributed by atoms with Crippen molar-refractivity contribution in [1.82, 2.24) is 0 Å². The van der Waals surface area contributed by atoms with Crippen LogP contribution in [0.5, 0.6) is 0 Å². The third kappa shape index (κ3) is 3.14. The minimum atomic E-state index is -1.65. The van der Waals surface area contributed by atoms with Crippen LogP contribution in [0, 0.1) is 0 Å². The van der Waals surface area contributed by atoms with Crippen LogP contribution in [0.15, 0.2) is 24.4 Å². The van der Waals surface area contributed by atoms with Gasteiger partial charge in [0.2, 0.25) is 0 Å². The lowest BCUT2D eigenvalue weighted by molar-refractivity contribution is -0.136. The van der Waals surface area contributed by atoms with Crippen LogP contribution in [-0.4, -0.2) is 27.9 Å². The Balaban J connectivity index is 4.15. The first-order valence-corrected chi connectivity index (χ1v) is 2.68. The van der Waals surface area contributed by atoms with E-state index < -0.39 is 17.7 Å². The van der Waals surface area contributed by atoms with E-state index in [1.165, 1.54) is 6.08 Å². The summed E-state index contributed by atoms with van der Waals surface area (Å²) in [6.07, 6.45) is 1.30. The second-order valence-corrected chi connectivity index (χ2v) is 1.56. The Labute approximate surface area is 62.8 Å². The predicted octanol–water partition coefficient (Wildman–Crippen LogP) is 0.559. The fourth-order valence-electron chi connectivity index (χ4n) is 0.298. The Kier molecular flexibility index (Phi) is 3.58. The highest BCUT2D eigenvalue weighted by Crippen LogP contribution is 1.98. The molecular formula is C6H8O5. The first-order valence-electron chi connectivity index (χ1n) is 2.68. The van der Waals surface area contributed by atoms with Gasteiger partial charge in [-0.2, -0.15) is 0 Å². The molecule has 0 unspecified atom stereocenters. The number of hydrogen-bond donors (Lipinski definition) is 3. The zero-order valence-corrected chi connectivity index (χ0v) is 5.65. The number of rotatable bonds is 4. The highest BCUT2D eigenvalue weighted by Gasteiger charge is 2.12. The SMILES string of the molecule is C=CCOC(O)=C(O)C(=O)O. The van der Waals surface area contributed by atoms with Crippen LogP contribution in [0.4, 0.5) is 0 Å². The molecule has 5 heteroatoms. The zero-order chi connectivity index (χ0) is 8.85.